The highest BCUT2D eigenvalue weighted by atomic mass is 19.4. The van der Waals surface area contributed by atoms with Crippen LogP contribution in [-0.4, -0.2) is 23.5 Å². The fraction of sp³-hybridized carbons (Fsp3) is 0.417. The molecule has 0 spiro atoms. The Balaban J connectivity index is 2.67. The smallest absolute Gasteiger partial charge is 0.397 e. The van der Waals surface area contributed by atoms with Crippen LogP contribution in [0, 0.1) is 0 Å². The lowest BCUT2D eigenvalue weighted by molar-refractivity contribution is -0.161. The molecule has 2 N–H and O–H groups in total. The number of hydrogen-bond acceptors (Lipinski definition) is 2. The molecule has 0 fully saturated rings. The van der Waals surface area contributed by atoms with E-state index in [1.54, 1.807) is 31.2 Å². The second kappa shape index (κ2) is 5.75. The number of nitrogen functional groups attached to an aromatic ring is 1. The van der Waals surface area contributed by atoms with Crippen LogP contribution in [0.1, 0.15) is 18.9 Å². The standard InChI is InChI=1S/C12H15F3N2O/c1-2-17(11(18)7-12(13,14)15)8-9-3-5-10(16)6-4-9/h3-6H,2,7-8,16H2,1H3. The van der Waals surface area contributed by atoms with Crippen molar-refractivity contribution in [2.45, 2.75) is 26.1 Å². The van der Waals surface area contributed by atoms with Crippen molar-refractivity contribution in [3.63, 3.8) is 0 Å². The molecule has 0 atom stereocenters. The first-order valence-electron chi connectivity index (χ1n) is 5.50. The van der Waals surface area contributed by atoms with Crippen molar-refractivity contribution in [2.24, 2.45) is 0 Å². The number of rotatable bonds is 4. The molecule has 0 aromatic heterocycles. The van der Waals surface area contributed by atoms with Gasteiger partial charge >= 0.3 is 6.18 Å². The van der Waals surface area contributed by atoms with E-state index in [0.29, 0.717) is 5.69 Å². The van der Waals surface area contributed by atoms with Crippen LogP contribution in [0.15, 0.2) is 24.3 Å². The van der Waals surface area contributed by atoms with Crippen molar-refractivity contribution in [3.8, 4) is 0 Å². The van der Waals surface area contributed by atoms with Gasteiger partial charge in [0.2, 0.25) is 5.91 Å². The van der Waals surface area contributed by atoms with Crippen LogP contribution in [0.25, 0.3) is 0 Å². The number of benzene rings is 1. The molecule has 18 heavy (non-hydrogen) atoms. The monoisotopic (exact) mass is 260 g/mol. The lowest BCUT2D eigenvalue weighted by atomic mass is 10.2. The summed E-state index contributed by atoms with van der Waals surface area (Å²) >= 11 is 0. The number of carbonyl (C=O) groups is 1. The Labute approximate surface area is 103 Å². The summed E-state index contributed by atoms with van der Waals surface area (Å²) in [6.07, 6.45) is -5.89. The summed E-state index contributed by atoms with van der Waals surface area (Å²) in [6, 6.07) is 6.69. The lowest BCUT2D eigenvalue weighted by Crippen LogP contribution is -2.33. The molecule has 100 valence electrons. The van der Waals surface area contributed by atoms with Gasteiger partial charge in [-0.05, 0) is 24.6 Å². The molecule has 1 aromatic rings. The molecule has 1 rings (SSSR count). The first-order chi connectivity index (χ1) is 8.31. The van der Waals surface area contributed by atoms with E-state index < -0.39 is 18.5 Å². The third-order valence-corrected chi connectivity index (χ3v) is 2.44. The van der Waals surface area contributed by atoms with Gasteiger partial charge in [-0.25, -0.2) is 0 Å². The van der Waals surface area contributed by atoms with Gasteiger partial charge in [0, 0.05) is 18.8 Å². The molecular formula is C12H15F3N2O. The number of nitrogens with two attached hydrogens (primary N) is 1. The first kappa shape index (κ1) is 14.3. The molecule has 1 amide bonds. The van der Waals surface area contributed by atoms with Gasteiger partial charge in [0.15, 0.2) is 0 Å². The zero-order valence-electron chi connectivity index (χ0n) is 10.00. The number of amides is 1. The fourth-order valence-electron chi connectivity index (χ4n) is 1.50. The Morgan fingerprint density at radius 1 is 1.28 bits per heavy atom. The number of anilines is 1. The van der Waals surface area contributed by atoms with Crippen LogP contribution in [0.2, 0.25) is 0 Å². The minimum absolute atomic E-state index is 0.158. The molecule has 0 unspecified atom stereocenters. The molecule has 0 aliphatic heterocycles. The van der Waals surface area contributed by atoms with E-state index in [4.69, 9.17) is 5.73 Å². The highest BCUT2D eigenvalue weighted by Crippen LogP contribution is 2.21. The van der Waals surface area contributed by atoms with E-state index in [2.05, 4.69) is 0 Å². The van der Waals surface area contributed by atoms with Crippen LogP contribution in [-0.2, 0) is 11.3 Å². The highest BCUT2D eigenvalue weighted by Gasteiger charge is 2.33. The summed E-state index contributed by atoms with van der Waals surface area (Å²) in [5.74, 6) is -0.915. The molecule has 0 saturated carbocycles. The molecule has 0 radical (unpaired) electrons. The molecular weight excluding hydrogens is 245 g/mol. The normalized spacial score (nSPS) is 11.3. The van der Waals surface area contributed by atoms with Gasteiger partial charge in [0.1, 0.15) is 6.42 Å². The van der Waals surface area contributed by atoms with E-state index in [1.807, 2.05) is 0 Å². The average molecular weight is 260 g/mol. The van der Waals surface area contributed by atoms with Crippen LogP contribution in [0.3, 0.4) is 0 Å². The zero-order chi connectivity index (χ0) is 13.8. The third-order valence-electron chi connectivity index (χ3n) is 2.44. The van der Waals surface area contributed by atoms with Crippen molar-refractivity contribution in [3.05, 3.63) is 29.8 Å². The van der Waals surface area contributed by atoms with Crippen molar-refractivity contribution in [1.29, 1.82) is 0 Å². The van der Waals surface area contributed by atoms with Crippen molar-refractivity contribution >= 4 is 11.6 Å². The fourth-order valence-corrected chi connectivity index (χ4v) is 1.50. The molecule has 0 bridgehead atoms. The summed E-state index contributed by atoms with van der Waals surface area (Å²) in [5, 5.41) is 0. The van der Waals surface area contributed by atoms with Gasteiger partial charge in [-0.15, -0.1) is 0 Å². The van der Waals surface area contributed by atoms with Crippen LogP contribution >= 0.6 is 0 Å². The predicted molar refractivity (Wildman–Crippen MR) is 62.6 cm³/mol. The molecule has 0 aliphatic rings. The van der Waals surface area contributed by atoms with Crippen molar-refractivity contribution in [1.82, 2.24) is 4.90 Å². The van der Waals surface area contributed by atoms with E-state index in [0.717, 1.165) is 5.56 Å². The van der Waals surface area contributed by atoms with Gasteiger partial charge in [0.25, 0.3) is 0 Å². The number of carbonyl (C=O) groups excluding carboxylic acids is 1. The largest absolute Gasteiger partial charge is 0.399 e. The van der Waals surface area contributed by atoms with Crippen molar-refractivity contribution in [2.75, 3.05) is 12.3 Å². The van der Waals surface area contributed by atoms with Gasteiger partial charge in [-0.1, -0.05) is 12.1 Å². The van der Waals surface area contributed by atoms with E-state index in [9.17, 15) is 18.0 Å². The second-order valence-electron chi connectivity index (χ2n) is 3.94. The summed E-state index contributed by atoms with van der Waals surface area (Å²) in [5.41, 5.74) is 6.83. The maximum absolute atomic E-state index is 12.1. The molecule has 0 saturated heterocycles. The van der Waals surface area contributed by atoms with Gasteiger partial charge in [-0.3, -0.25) is 4.79 Å². The van der Waals surface area contributed by atoms with Gasteiger partial charge in [0.05, 0.1) is 0 Å². The maximum Gasteiger partial charge on any atom is 0.397 e. The van der Waals surface area contributed by atoms with Crippen LogP contribution in [0.5, 0.6) is 0 Å². The summed E-state index contributed by atoms with van der Waals surface area (Å²) in [4.78, 5) is 12.6. The molecule has 6 heteroatoms. The van der Waals surface area contributed by atoms with Crippen molar-refractivity contribution < 1.29 is 18.0 Å². The maximum atomic E-state index is 12.1. The predicted octanol–water partition coefficient (Wildman–Crippen LogP) is 2.57. The summed E-state index contributed by atoms with van der Waals surface area (Å²) in [7, 11) is 0. The third kappa shape index (κ3) is 4.65. The Morgan fingerprint density at radius 2 is 1.83 bits per heavy atom. The minimum atomic E-state index is -4.47. The molecule has 1 aromatic carbocycles. The average Bonchev–Trinajstić information content (AvgIpc) is 2.25. The van der Waals surface area contributed by atoms with Gasteiger partial charge in [-0.2, -0.15) is 13.2 Å². The molecule has 3 nitrogen and oxygen atoms in total. The Hall–Kier alpha value is -1.72. The lowest BCUT2D eigenvalue weighted by Gasteiger charge is -2.21. The number of alkyl halides is 3. The zero-order valence-corrected chi connectivity index (χ0v) is 10.00. The number of halogens is 3. The van der Waals surface area contributed by atoms with Gasteiger partial charge < -0.3 is 10.6 Å². The Morgan fingerprint density at radius 3 is 2.28 bits per heavy atom. The van der Waals surface area contributed by atoms with E-state index in [1.165, 1.54) is 4.90 Å². The summed E-state index contributed by atoms with van der Waals surface area (Å²) in [6.45, 7) is 2.04. The molecule has 0 heterocycles. The first-order valence-corrected chi connectivity index (χ1v) is 5.50. The topological polar surface area (TPSA) is 46.3 Å². The highest BCUT2D eigenvalue weighted by molar-refractivity contribution is 5.76. The second-order valence-corrected chi connectivity index (χ2v) is 3.94. The molecule has 0 aliphatic carbocycles. The van der Waals surface area contributed by atoms with E-state index in [-0.39, 0.29) is 13.1 Å². The number of nitrogens with zero attached hydrogens (tertiary/aromatic N) is 1. The minimum Gasteiger partial charge on any atom is -0.399 e. The Kier molecular flexibility index (Phi) is 4.58. The summed E-state index contributed by atoms with van der Waals surface area (Å²) < 4.78 is 36.4. The van der Waals surface area contributed by atoms with E-state index >= 15 is 0 Å². The SMILES string of the molecule is CCN(Cc1ccc(N)cc1)C(=O)CC(F)(F)F. The number of hydrogen-bond donors (Lipinski definition) is 1. The quantitative estimate of drug-likeness (QED) is 0.846. The van der Waals surface area contributed by atoms with Crippen LogP contribution < -0.4 is 5.73 Å². The Bertz CT molecular complexity index is 401. The van der Waals surface area contributed by atoms with Crippen LogP contribution in [0.4, 0.5) is 18.9 Å².